The number of carbonyl (C=O) groups excluding carboxylic acids is 1. The Labute approximate surface area is 129 Å². The molecule has 0 amide bonds. The Bertz CT molecular complexity index is 308. The lowest BCUT2D eigenvalue weighted by Gasteiger charge is -2.27. The molecule has 124 valence electrons. The van der Waals surface area contributed by atoms with Crippen molar-refractivity contribution in [2.45, 2.75) is 57.5 Å². The largest absolute Gasteiger partial charge is 0.465 e. The van der Waals surface area contributed by atoms with Gasteiger partial charge in [-0.15, -0.1) is 0 Å². The zero-order valence-corrected chi connectivity index (χ0v) is 14.1. The van der Waals surface area contributed by atoms with Crippen LogP contribution in [-0.2, 0) is 14.3 Å². The first-order valence-electron chi connectivity index (χ1n) is 8.16. The smallest absolute Gasteiger partial charge is 0.326 e. The van der Waals surface area contributed by atoms with Gasteiger partial charge in [0.1, 0.15) is 5.54 Å². The second-order valence-corrected chi connectivity index (χ2v) is 6.02. The van der Waals surface area contributed by atoms with Crippen LogP contribution in [0, 0.1) is 0 Å². The number of nitrogens with zero attached hydrogens (tertiary/aromatic N) is 1. The van der Waals surface area contributed by atoms with E-state index in [2.05, 4.69) is 10.2 Å². The van der Waals surface area contributed by atoms with Crippen molar-refractivity contribution < 1.29 is 14.3 Å². The lowest BCUT2D eigenvalue weighted by atomic mass is 9.95. The van der Waals surface area contributed by atoms with E-state index < -0.39 is 5.54 Å². The summed E-state index contributed by atoms with van der Waals surface area (Å²) >= 11 is 0. The first kappa shape index (κ1) is 18.4. The third-order valence-electron chi connectivity index (χ3n) is 4.30. The maximum absolute atomic E-state index is 12.0. The molecule has 1 rings (SSSR count). The Hall–Kier alpha value is -0.650. The number of nitrogens with one attached hydrogen (secondary N) is 1. The average molecular weight is 300 g/mol. The van der Waals surface area contributed by atoms with Gasteiger partial charge in [0.2, 0.25) is 0 Å². The maximum atomic E-state index is 12.0. The van der Waals surface area contributed by atoms with Crippen LogP contribution in [-0.4, -0.2) is 62.9 Å². The Balaban J connectivity index is 2.28. The van der Waals surface area contributed by atoms with E-state index in [9.17, 15) is 4.79 Å². The zero-order valence-electron chi connectivity index (χ0n) is 14.1. The third kappa shape index (κ3) is 6.32. The van der Waals surface area contributed by atoms with Gasteiger partial charge in [0.15, 0.2) is 0 Å². The highest BCUT2D eigenvalue weighted by atomic mass is 16.5. The van der Waals surface area contributed by atoms with Crippen molar-refractivity contribution in [2.24, 2.45) is 0 Å². The van der Waals surface area contributed by atoms with E-state index in [0.29, 0.717) is 6.61 Å². The van der Waals surface area contributed by atoms with Gasteiger partial charge in [-0.1, -0.05) is 0 Å². The molecule has 1 fully saturated rings. The fourth-order valence-corrected chi connectivity index (χ4v) is 2.54. The van der Waals surface area contributed by atoms with Crippen molar-refractivity contribution in [1.82, 2.24) is 10.2 Å². The molecular weight excluding hydrogens is 268 g/mol. The highest BCUT2D eigenvalue weighted by molar-refractivity contribution is 5.80. The van der Waals surface area contributed by atoms with Crippen molar-refractivity contribution in [3.8, 4) is 0 Å². The molecule has 0 aliphatic heterocycles. The normalized spacial score (nSPS) is 17.8. The molecule has 0 heterocycles. The van der Waals surface area contributed by atoms with E-state index >= 15 is 0 Å². The molecule has 5 heteroatoms. The second kappa shape index (κ2) is 9.38. The van der Waals surface area contributed by atoms with Gasteiger partial charge >= 0.3 is 5.97 Å². The summed E-state index contributed by atoms with van der Waals surface area (Å²) in [5, 5.41) is 3.11. The lowest BCUT2D eigenvalue weighted by molar-refractivity contribution is -0.150. The van der Waals surface area contributed by atoms with Gasteiger partial charge in [-0.3, -0.25) is 9.69 Å². The average Bonchev–Trinajstić information content (AvgIpc) is 3.31. The van der Waals surface area contributed by atoms with E-state index in [1.54, 1.807) is 7.11 Å². The molecule has 1 N–H and O–H groups in total. The number of likely N-dealkylation sites (N-methyl/N-ethyl adjacent to an activating group) is 1. The van der Waals surface area contributed by atoms with E-state index in [1.165, 1.54) is 12.8 Å². The monoisotopic (exact) mass is 300 g/mol. The fourth-order valence-electron chi connectivity index (χ4n) is 2.54. The van der Waals surface area contributed by atoms with E-state index in [0.717, 1.165) is 45.0 Å². The van der Waals surface area contributed by atoms with Crippen LogP contribution in [0.1, 0.15) is 46.0 Å². The van der Waals surface area contributed by atoms with Crippen LogP contribution in [0.15, 0.2) is 0 Å². The first-order valence-corrected chi connectivity index (χ1v) is 8.16. The Kier molecular flexibility index (Phi) is 8.22. The number of ether oxygens (including phenoxy) is 2. The number of methoxy groups -OCH3 is 1. The molecule has 0 aromatic carbocycles. The summed E-state index contributed by atoms with van der Waals surface area (Å²) in [6.45, 7) is 7.11. The van der Waals surface area contributed by atoms with Crippen molar-refractivity contribution in [2.75, 3.05) is 40.5 Å². The van der Waals surface area contributed by atoms with Crippen LogP contribution in [0.5, 0.6) is 0 Å². The number of hydrogen-bond donors (Lipinski definition) is 1. The molecule has 0 saturated heterocycles. The molecule has 5 nitrogen and oxygen atoms in total. The summed E-state index contributed by atoms with van der Waals surface area (Å²) in [7, 11) is 3.58. The number of hydrogen-bond acceptors (Lipinski definition) is 5. The molecule has 1 saturated carbocycles. The number of esters is 1. The van der Waals surface area contributed by atoms with Gasteiger partial charge in [0, 0.05) is 19.7 Å². The van der Waals surface area contributed by atoms with Crippen LogP contribution < -0.4 is 5.32 Å². The third-order valence-corrected chi connectivity index (χ3v) is 4.30. The predicted molar refractivity (Wildman–Crippen MR) is 84.4 cm³/mol. The lowest BCUT2D eigenvalue weighted by Crippen LogP contribution is -2.48. The highest BCUT2D eigenvalue weighted by Crippen LogP contribution is 2.27. The number of carbonyl (C=O) groups is 1. The SMILES string of the molecule is CCOC(=O)C(C)(CCCCN(CCOC)C1CC1)NC. The molecule has 0 bridgehead atoms. The minimum absolute atomic E-state index is 0.147. The van der Waals surface area contributed by atoms with Crippen LogP contribution in [0.3, 0.4) is 0 Å². The van der Waals surface area contributed by atoms with Gasteiger partial charge < -0.3 is 14.8 Å². The van der Waals surface area contributed by atoms with Crippen molar-refractivity contribution >= 4 is 5.97 Å². The van der Waals surface area contributed by atoms with Crippen molar-refractivity contribution in [3.63, 3.8) is 0 Å². The van der Waals surface area contributed by atoms with Gasteiger partial charge in [-0.2, -0.15) is 0 Å². The van der Waals surface area contributed by atoms with Crippen LogP contribution in [0.2, 0.25) is 0 Å². The van der Waals surface area contributed by atoms with Gasteiger partial charge in [0.25, 0.3) is 0 Å². The molecule has 1 unspecified atom stereocenters. The zero-order chi connectivity index (χ0) is 15.7. The quantitative estimate of drug-likeness (QED) is 0.440. The van der Waals surface area contributed by atoms with E-state index in [1.807, 2.05) is 20.9 Å². The summed E-state index contributed by atoms with van der Waals surface area (Å²) in [4.78, 5) is 14.5. The molecule has 0 aromatic heterocycles. The summed E-state index contributed by atoms with van der Waals surface area (Å²) in [6.07, 6.45) is 5.58. The first-order chi connectivity index (χ1) is 10.1. The minimum Gasteiger partial charge on any atom is -0.465 e. The molecule has 21 heavy (non-hydrogen) atoms. The molecule has 1 aliphatic carbocycles. The van der Waals surface area contributed by atoms with E-state index in [-0.39, 0.29) is 5.97 Å². The van der Waals surface area contributed by atoms with E-state index in [4.69, 9.17) is 9.47 Å². The van der Waals surface area contributed by atoms with Crippen LogP contribution >= 0.6 is 0 Å². The Morgan fingerprint density at radius 2 is 2.05 bits per heavy atom. The minimum atomic E-state index is -0.563. The summed E-state index contributed by atoms with van der Waals surface area (Å²) in [6, 6.07) is 0.765. The summed E-state index contributed by atoms with van der Waals surface area (Å²) in [5.41, 5.74) is -0.563. The topological polar surface area (TPSA) is 50.8 Å². The second-order valence-electron chi connectivity index (χ2n) is 6.02. The van der Waals surface area contributed by atoms with Gasteiger partial charge in [-0.05, 0) is 59.5 Å². The maximum Gasteiger partial charge on any atom is 0.326 e. The van der Waals surface area contributed by atoms with Crippen LogP contribution in [0.25, 0.3) is 0 Å². The molecular formula is C16H32N2O3. The summed E-state index contributed by atoms with van der Waals surface area (Å²) < 4.78 is 10.3. The van der Waals surface area contributed by atoms with Crippen molar-refractivity contribution in [3.05, 3.63) is 0 Å². The molecule has 0 radical (unpaired) electrons. The number of rotatable bonds is 12. The highest BCUT2D eigenvalue weighted by Gasteiger charge is 2.32. The standard InChI is InChI=1S/C16H32N2O3/c1-5-21-15(19)16(2,17-3)10-6-7-11-18(12-13-20-4)14-8-9-14/h14,17H,5-13H2,1-4H3. The Morgan fingerprint density at radius 1 is 1.33 bits per heavy atom. The van der Waals surface area contributed by atoms with Crippen molar-refractivity contribution in [1.29, 1.82) is 0 Å². The molecule has 1 aliphatic rings. The predicted octanol–water partition coefficient (Wildman–Crippen LogP) is 1.81. The van der Waals surface area contributed by atoms with Crippen LogP contribution in [0.4, 0.5) is 0 Å². The molecule has 0 spiro atoms. The van der Waals surface area contributed by atoms with Gasteiger partial charge in [0.05, 0.1) is 13.2 Å². The number of unbranched alkanes of at least 4 members (excludes halogenated alkanes) is 1. The fraction of sp³-hybridized carbons (Fsp3) is 0.938. The summed E-state index contributed by atoms with van der Waals surface area (Å²) in [5.74, 6) is -0.147. The molecule has 1 atom stereocenters. The van der Waals surface area contributed by atoms with Gasteiger partial charge in [-0.25, -0.2) is 0 Å². The molecule has 0 aromatic rings. The Morgan fingerprint density at radius 3 is 2.57 bits per heavy atom.